The van der Waals surface area contributed by atoms with E-state index in [9.17, 15) is 5.11 Å². The Morgan fingerprint density at radius 3 is 2.50 bits per heavy atom. The molecule has 0 unspecified atom stereocenters. The van der Waals surface area contributed by atoms with Gasteiger partial charge in [-0.25, -0.2) is 0 Å². The van der Waals surface area contributed by atoms with Crippen LogP contribution in [-0.4, -0.2) is 22.1 Å². The third-order valence-corrected chi connectivity index (χ3v) is 8.59. The summed E-state index contributed by atoms with van der Waals surface area (Å²) in [5, 5.41) is 23.2. The van der Waals surface area contributed by atoms with Gasteiger partial charge in [0.05, 0.1) is 11.8 Å². The van der Waals surface area contributed by atoms with Crippen LogP contribution in [0.5, 0.6) is 0 Å². The van der Waals surface area contributed by atoms with Crippen LogP contribution in [0.2, 0.25) is 0 Å². The van der Waals surface area contributed by atoms with E-state index >= 15 is 0 Å². The zero-order chi connectivity index (χ0) is 15.5. The first-order valence-corrected chi connectivity index (χ1v) is 9.37. The van der Waals surface area contributed by atoms with E-state index in [0.717, 1.165) is 42.7 Å². The van der Waals surface area contributed by atoms with Gasteiger partial charge in [-0.2, -0.15) is 0 Å². The van der Waals surface area contributed by atoms with Crippen molar-refractivity contribution in [2.75, 3.05) is 0 Å². The van der Waals surface area contributed by atoms with Crippen LogP contribution >= 0.6 is 0 Å². The van der Waals surface area contributed by atoms with Crippen molar-refractivity contribution in [1.29, 1.82) is 0 Å². The summed E-state index contributed by atoms with van der Waals surface area (Å²) in [6.07, 6.45) is 10.5. The van der Waals surface area contributed by atoms with E-state index < -0.39 is 0 Å². The highest BCUT2D eigenvalue weighted by molar-refractivity contribution is 5.85. The van der Waals surface area contributed by atoms with Crippen molar-refractivity contribution >= 4 is 5.71 Å². The van der Waals surface area contributed by atoms with E-state index in [-0.39, 0.29) is 11.5 Å². The van der Waals surface area contributed by atoms with Crippen LogP contribution in [0.15, 0.2) is 5.16 Å². The molecule has 4 fully saturated rings. The molecule has 3 nitrogen and oxygen atoms in total. The molecule has 4 aliphatic rings. The number of fused-ring (bicyclic) bond motifs is 5. The lowest BCUT2D eigenvalue weighted by atomic mass is 9.45. The van der Waals surface area contributed by atoms with Gasteiger partial charge in [-0.05, 0) is 92.3 Å². The van der Waals surface area contributed by atoms with Gasteiger partial charge in [-0.1, -0.05) is 19.0 Å². The second-order valence-electron chi connectivity index (χ2n) is 9.16. The Kier molecular flexibility index (Phi) is 3.38. The summed E-state index contributed by atoms with van der Waals surface area (Å²) in [6, 6.07) is 0. The van der Waals surface area contributed by atoms with Crippen molar-refractivity contribution in [2.24, 2.45) is 39.7 Å². The van der Waals surface area contributed by atoms with Crippen LogP contribution in [0.1, 0.15) is 71.6 Å². The third kappa shape index (κ3) is 1.87. The number of oxime groups is 1. The molecule has 0 aliphatic heterocycles. The molecule has 0 saturated heterocycles. The Morgan fingerprint density at radius 1 is 0.955 bits per heavy atom. The van der Waals surface area contributed by atoms with E-state index in [0.29, 0.717) is 11.3 Å². The minimum atomic E-state index is -0.0662. The zero-order valence-electron chi connectivity index (χ0n) is 14.1. The third-order valence-electron chi connectivity index (χ3n) is 8.59. The summed E-state index contributed by atoms with van der Waals surface area (Å²) in [5.74, 6) is 3.11. The Hall–Kier alpha value is -0.570. The lowest BCUT2D eigenvalue weighted by molar-refractivity contribution is -0.112. The fourth-order valence-electron chi connectivity index (χ4n) is 7.12. The van der Waals surface area contributed by atoms with E-state index in [4.69, 9.17) is 5.21 Å². The molecule has 0 radical (unpaired) electrons. The van der Waals surface area contributed by atoms with Gasteiger partial charge < -0.3 is 10.3 Å². The average molecular weight is 305 g/mol. The van der Waals surface area contributed by atoms with Crippen molar-refractivity contribution in [3.63, 3.8) is 0 Å². The first-order valence-electron chi connectivity index (χ1n) is 9.37. The summed E-state index contributed by atoms with van der Waals surface area (Å²) in [4.78, 5) is 0. The Balaban J connectivity index is 1.62. The molecule has 0 bridgehead atoms. The van der Waals surface area contributed by atoms with Gasteiger partial charge in [0.25, 0.3) is 0 Å². The van der Waals surface area contributed by atoms with Crippen molar-refractivity contribution < 1.29 is 10.3 Å². The minimum Gasteiger partial charge on any atom is -0.411 e. The van der Waals surface area contributed by atoms with E-state index in [1.807, 2.05) is 0 Å². The lowest BCUT2D eigenvalue weighted by Crippen LogP contribution is -2.54. The van der Waals surface area contributed by atoms with Crippen LogP contribution < -0.4 is 0 Å². The molecular weight excluding hydrogens is 274 g/mol. The van der Waals surface area contributed by atoms with Crippen molar-refractivity contribution in [1.82, 2.24) is 0 Å². The maximum absolute atomic E-state index is 10.5. The van der Waals surface area contributed by atoms with E-state index in [2.05, 4.69) is 19.0 Å². The minimum absolute atomic E-state index is 0.0662. The molecule has 4 rings (SSSR count). The maximum Gasteiger partial charge on any atom is 0.0596 e. The molecular formula is C19H31NO2. The van der Waals surface area contributed by atoms with Crippen LogP contribution in [0, 0.1) is 34.5 Å². The highest BCUT2D eigenvalue weighted by atomic mass is 16.4. The first kappa shape index (κ1) is 15.0. The van der Waals surface area contributed by atoms with Crippen LogP contribution in [-0.2, 0) is 0 Å². The van der Waals surface area contributed by atoms with Gasteiger partial charge in [0.15, 0.2) is 0 Å². The Morgan fingerprint density at radius 2 is 1.73 bits per heavy atom. The molecule has 4 saturated carbocycles. The summed E-state index contributed by atoms with van der Waals surface area (Å²) < 4.78 is 0. The van der Waals surface area contributed by atoms with E-state index in [1.54, 1.807) is 0 Å². The zero-order valence-corrected chi connectivity index (χ0v) is 14.1. The van der Waals surface area contributed by atoms with Crippen LogP contribution in [0.25, 0.3) is 0 Å². The second kappa shape index (κ2) is 4.96. The molecule has 2 N–H and O–H groups in total. The molecule has 0 aromatic rings. The number of aliphatic hydroxyl groups excluding tert-OH is 1. The highest BCUT2D eigenvalue weighted by Crippen LogP contribution is 2.65. The van der Waals surface area contributed by atoms with Gasteiger partial charge >= 0.3 is 0 Å². The predicted octanol–water partition coefficient (Wildman–Crippen LogP) is 4.22. The predicted molar refractivity (Wildman–Crippen MR) is 87.0 cm³/mol. The number of hydrogen-bond acceptors (Lipinski definition) is 3. The number of rotatable bonds is 0. The fraction of sp³-hybridized carbons (Fsp3) is 0.947. The number of nitrogens with zero attached hydrogens (tertiary/aromatic N) is 1. The van der Waals surface area contributed by atoms with Gasteiger partial charge in [0, 0.05) is 0 Å². The van der Waals surface area contributed by atoms with Crippen molar-refractivity contribution in [2.45, 2.75) is 77.7 Å². The average Bonchev–Trinajstić information content (AvgIpc) is 2.82. The van der Waals surface area contributed by atoms with Crippen molar-refractivity contribution in [3.8, 4) is 0 Å². The second-order valence-corrected chi connectivity index (χ2v) is 9.16. The molecule has 0 spiro atoms. The van der Waals surface area contributed by atoms with Gasteiger partial charge in [-0.15, -0.1) is 0 Å². The van der Waals surface area contributed by atoms with Gasteiger partial charge in [0.1, 0.15) is 0 Å². The lowest BCUT2D eigenvalue weighted by Gasteiger charge is -2.60. The molecule has 7 atom stereocenters. The van der Waals surface area contributed by atoms with Crippen LogP contribution in [0.3, 0.4) is 0 Å². The SMILES string of the molecule is C[C@]12CC/C(=N/O)C[C@@H]1CC[C@@H]1[C@@H]2CC[C@]2(C)[C@H](O)CC[C@@H]12. The molecule has 4 aliphatic carbocycles. The molecule has 0 aromatic heterocycles. The topological polar surface area (TPSA) is 52.8 Å². The maximum atomic E-state index is 10.5. The van der Waals surface area contributed by atoms with Crippen LogP contribution in [0.4, 0.5) is 0 Å². The number of aliphatic hydroxyl groups is 1. The Labute approximate surface area is 134 Å². The van der Waals surface area contributed by atoms with Gasteiger partial charge in [0.2, 0.25) is 0 Å². The molecule has 124 valence electrons. The summed E-state index contributed by atoms with van der Waals surface area (Å²) in [5.41, 5.74) is 1.65. The molecule has 0 amide bonds. The first-order chi connectivity index (χ1) is 10.5. The number of hydrogen-bond donors (Lipinski definition) is 2. The largest absolute Gasteiger partial charge is 0.411 e. The molecule has 22 heavy (non-hydrogen) atoms. The summed E-state index contributed by atoms with van der Waals surface area (Å²) in [7, 11) is 0. The quantitative estimate of drug-likeness (QED) is 0.520. The standard InChI is InChI=1S/C19H31NO2/c1-18-9-7-13(20-22)11-12(18)3-4-14-15-5-6-17(21)19(15,2)10-8-16(14)18/h12,14-17,21-22H,3-11H2,1-2H3/b20-13-/t12-,14-,15-,16-,17+,18-,19-/m0/s1. The normalized spacial score (nSPS) is 56.3. The molecule has 0 heterocycles. The monoisotopic (exact) mass is 305 g/mol. The summed E-state index contributed by atoms with van der Waals surface area (Å²) in [6.45, 7) is 4.88. The van der Waals surface area contributed by atoms with E-state index in [1.165, 1.54) is 38.5 Å². The summed E-state index contributed by atoms with van der Waals surface area (Å²) >= 11 is 0. The Bertz CT molecular complexity index is 490. The highest BCUT2D eigenvalue weighted by Gasteiger charge is 2.59. The van der Waals surface area contributed by atoms with Gasteiger partial charge in [-0.3, -0.25) is 0 Å². The van der Waals surface area contributed by atoms with Crippen molar-refractivity contribution in [3.05, 3.63) is 0 Å². The fourth-order valence-corrected chi connectivity index (χ4v) is 7.12. The molecule has 3 heteroatoms. The smallest absolute Gasteiger partial charge is 0.0596 e. The molecule has 0 aromatic carbocycles.